The zero-order valence-corrected chi connectivity index (χ0v) is 32.1. The van der Waals surface area contributed by atoms with Crippen LogP contribution in [0.1, 0.15) is 78.9 Å². The smallest absolute Gasteiger partial charge is 0.416 e. The number of anilines is 1. The minimum absolute atomic E-state index is 0.0507. The maximum atomic E-state index is 14.2. The van der Waals surface area contributed by atoms with Crippen LogP contribution < -0.4 is 5.32 Å². The highest BCUT2D eigenvalue weighted by atomic mass is 19.4. The Morgan fingerprint density at radius 3 is 1.80 bits per heavy atom. The Morgan fingerprint density at radius 2 is 1.25 bits per heavy atom. The quantitative estimate of drug-likeness (QED) is 0.0731. The zero-order valence-electron chi connectivity index (χ0n) is 32.1. The Bertz CT molecular complexity index is 2000. The molecule has 0 saturated heterocycles. The number of hydrogen-bond donors (Lipinski definition) is 1. The first-order valence-corrected chi connectivity index (χ1v) is 18.1. The van der Waals surface area contributed by atoms with Crippen molar-refractivity contribution in [3.63, 3.8) is 0 Å². The van der Waals surface area contributed by atoms with Gasteiger partial charge in [0.05, 0.1) is 36.4 Å². The third kappa shape index (κ3) is 9.81. The lowest BCUT2D eigenvalue weighted by atomic mass is 9.81. The Balaban J connectivity index is 1.68. The standard InChI is InChI=1S/C43H45F3N2O8/c1-7-54-40(52)42(41(53)55-8-2,31-14-10-9-11-15-31)26-56-37(49)25-29-18-23-36(35(24-29)39(51)48(27(3)4)28(5)6)47-38(50)34-17-13-12-16-33(34)30-19-21-32(22-20-30)43(44,45)46/h9-24,27-28H,7-8,25-26H2,1-6H3,(H,47,50). The van der Waals surface area contributed by atoms with Crippen molar-refractivity contribution in [3.8, 4) is 11.1 Å². The van der Waals surface area contributed by atoms with Gasteiger partial charge in [-0.25, -0.2) is 0 Å². The molecule has 4 aromatic rings. The van der Waals surface area contributed by atoms with Crippen molar-refractivity contribution in [2.75, 3.05) is 25.1 Å². The molecule has 0 saturated carbocycles. The molecular formula is C43H45F3N2O8. The largest absolute Gasteiger partial charge is 0.465 e. The minimum atomic E-state index is -4.53. The summed E-state index contributed by atoms with van der Waals surface area (Å²) in [6, 6.07) is 22.8. The summed E-state index contributed by atoms with van der Waals surface area (Å²) in [6.45, 7) is 9.68. The molecule has 4 aromatic carbocycles. The summed E-state index contributed by atoms with van der Waals surface area (Å²) in [4.78, 5) is 69.8. The number of halogens is 3. The number of nitrogens with one attached hydrogen (secondary N) is 1. The maximum Gasteiger partial charge on any atom is 0.416 e. The Morgan fingerprint density at radius 1 is 0.679 bits per heavy atom. The van der Waals surface area contributed by atoms with E-state index in [2.05, 4.69) is 5.32 Å². The fourth-order valence-corrected chi connectivity index (χ4v) is 6.31. The van der Waals surface area contributed by atoms with Gasteiger partial charge in [-0.2, -0.15) is 13.2 Å². The molecule has 13 heteroatoms. The molecule has 0 aliphatic carbocycles. The van der Waals surface area contributed by atoms with E-state index in [4.69, 9.17) is 14.2 Å². The number of carbonyl (C=O) groups is 5. The van der Waals surface area contributed by atoms with Crippen LogP contribution in [0, 0.1) is 0 Å². The first-order valence-electron chi connectivity index (χ1n) is 18.1. The van der Waals surface area contributed by atoms with Crippen LogP contribution in [-0.4, -0.2) is 66.5 Å². The average Bonchev–Trinajstić information content (AvgIpc) is 3.15. The highest BCUT2D eigenvalue weighted by Gasteiger charge is 2.52. The summed E-state index contributed by atoms with van der Waals surface area (Å²) < 4.78 is 55.8. The summed E-state index contributed by atoms with van der Waals surface area (Å²) >= 11 is 0. The topological polar surface area (TPSA) is 128 Å². The molecule has 0 fully saturated rings. The van der Waals surface area contributed by atoms with E-state index < -0.39 is 53.5 Å². The molecule has 0 aliphatic rings. The van der Waals surface area contributed by atoms with Gasteiger partial charge < -0.3 is 24.4 Å². The van der Waals surface area contributed by atoms with E-state index in [1.165, 1.54) is 48.5 Å². The van der Waals surface area contributed by atoms with E-state index in [-0.39, 0.29) is 54.1 Å². The third-order valence-electron chi connectivity index (χ3n) is 8.92. The summed E-state index contributed by atoms with van der Waals surface area (Å²) in [5.74, 6) is -3.80. The molecule has 56 heavy (non-hydrogen) atoms. The van der Waals surface area contributed by atoms with Crippen molar-refractivity contribution in [3.05, 3.63) is 125 Å². The SMILES string of the molecule is CCOC(=O)C(COC(=O)Cc1ccc(NC(=O)c2ccccc2-c2ccc(C(F)(F)F)cc2)c(C(=O)N(C(C)C)C(C)C)c1)(C(=O)OCC)c1ccccc1. The predicted molar refractivity (Wildman–Crippen MR) is 204 cm³/mol. The number of alkyl halides is 3. The molecule has 0 atom stereocenters. The second-order valence-electron chi connectivity index (χ2n) is 13.4. The molecule has 0 bridgehead atoms. The summed E-state index contributed by atoms with van der Waals surface area (Å²) in [6.07, 6.45) is -4.91. The third-order valence-corrected chi connectivity index (χ3v) is 8.92. The van der Waals surface area contributed by atoms with Crippen LogP contribution in [0.15, 0.2) is 97.1 Å². The molecule has 10 nitrogen and oxygen atoms in total. The van der Waals surface area contributed by atoms with E-state index in [1.54, 1.807) is 55.1 Å². The zero-order chi connectivity index (χ0) is 41.2. The van der Waals surface area contributed by atoms with Gasteiger partial charge in [-0.3, -0.25) is 24.0 Å². The van der Waals surface area contributed by atoms with E-state index >= 15 is 0 Å². The lowest BCUT2D eigenvalue weighted by Crippen LogP contribution is -2.50. The number of hydrogen-bond acceptors (Lipinski definition) is 8. The van der Waals surface area contributed by atoms with Crippen LogP contribution in [0.25, 0.3) is 11.1 Å². The molecule has 2 amide bonds. The average molecular weight is 775 g/mol. The molecular weight excluding hydrogens is 729 g/mol. The molecule has 0 radical (unpaired) electrons. The van der Waals surface area contributed by atoms with Crippen LogP contribution in [0.5, 0.6) is 0 Å². The number of rotatable bonds is 15. The van der Waals surface area contributed by atoms with Gasteiger partial charge in [-0.1, -0.05) is 66.7 Å². The second-order valence-corrected chi connectivity index (χ2v) is 13.4. The number of ether oxygens (including phenoxy) is 3. The Hall–Kier alpha value is -5.98. The van der Waals surface area contributed by atoms with E-state index in [0.717, 1.165) is 12.1 Å². The number of carbonyl (C=O) groups excluding carboxylic acids is 5. The van der Waals surface area contributed by atoms with Crippen molar-refractivity contribution in [1.29, 1.82) is 0 Å². The van der Waals surface area contributed by atoms with E-state index in [0.29, 0.717) is 16.7 Å². The lowest BCUT2D eigenvalue weighted by molar-refractivity contribution is -0.170. The molecule has 4 rings (SSSR count). The van der Waals surface area contributed by atoms with Crippen molar-refractivity contribution in [2.24, 2.45) is 0 Å². The van der Waals surface area contributed by atoms with Crippen molar-refractivity contribution in [1.82, 2.24) is 4.90 Å². The number of esters is 3. The van der Waals surface area contributed by atoms with Crippen LogP contribution in [0.4, 0.5) is 18.9 Å². The van der Waals surface area contributed by atoms with Crippen LogP contribution in [0.2, 0.25) is 0 Å². The predicted octanol–water partition coefficient (Wildman–Crippen LogP) is 8.03. The summed E-state index contributed by atoms with van der Waals surface area (Å²) in [5, 5.41) is 2.79. The first-order chi connectivity index (χ1) is 26.5. The summed E-state index contributed by atoms with van der Waals surface area (Å²) in [5.41, 5.74) is -1.32. The fraction of sp³-hybridized carbons (Fsp3) is 0.326. The highest BCUT2D eigenvalue weighted by molar-refractivity contribution is 6.12. The van der Waals surface area contributed by atoms with Crippen molar-refractivity contribution < 1.29 is 51.4 Å². The molecule has 0 spiro atoms. The normalized spacial score (nSPS) is 11.6. The van der Waals surface area contributed by atoms with Gasteiger partial charge in [0.15, 0.2) is 0 Å². The van der Waals surface area contributed by atoms with Gasteiger partial charge in [0.1, 0.15) is 6.61 Å². The molecule has 0 unspecified atom stereocenters. The van der Waals surface area contributed by atoms with E-state index in [1.807, 2.05) is 27.7 Å². The fourth-order valence-electron chi connectivity index (χ4n) is 6.31. The van der Waals surface area contributed by atoms with E-state index in [9.17, 15) is 37.1 Å². The molecule has 0 aromatic heterocycles. The maximum absolute atomic E-state index is 14.2. The van der Waals surface area contributed by atoms with Crippen LogP contribution >= 0.6 is 0 Å². The van der Waals surface area contributed by atoms with Crippen LogP contribution in [0.3, 0.4) is 0 Å². The molecule has 0 aliphatic heterocycles. The Kier molecular flexibility index (Phi) is 14.2. The van der Waals surface area contributed by atoms with Crippen molar-refractivity contribution >= 4 is 35.4 Å². The van der Waals surface area contributed by atoms with Crippen molar-refractivity contribution in [2.45, 2.75) is 71.6 Å². The molecule has 296 valence electrons. The van der Waals surface area contributed by atoms with Gasteiger partial charge in [-0.05, 0) is 94.1 Å². The van der Waals surface area contributed by atoms with Gasteiger partial charge >= 0.3 is 24.1 Å². The van der Waals surface area contributed by atoms with Crippen LogP contribution in [-0.2, 0) is 46.6 Å². The lowest BCUT2D eigenvalue weighted by Gasteiger charge is -2.31. The highest BCUT2D eigenvalue weighted by Crippen LogP contribution is 2.33. The van der Waals surface area contributed by atoms with Gasteiger partial charge in [-0.15, -0.1) is 0 Å². The number of benzene rings is 4. The monoisotopic (exact) mass is 774 g/mol. The number of amides is 2. The van der Waals surface area contributed by atoms with Gasteiger partial charge in [0.25, 0.3) is 11.8 Å². The molecule has 1 N–H and O–H groups in total. The first kappa shape index (κ1) is 42.8. The Labute approximate surface area is 323 Å². The van der Waals surface area contributed by atoms with Gasteiger partial charge in [0, 0.05) is 17.6 Å². The number of nitrogens with zero attached hydrogens (tertiary/aromatic N) is 1. The summed E-state index contributed by atoms with van der Waals surface area (Å²) in [7, 11) is 0. The minimum Gasteiger partial charge on any atom is -0.465 e. The molecule has 0 heterocycles. The second kappa shape index (κ2) is 18.6. The van der Waals surface area contributed by atoms with Gasteiger partial charge in [0.2, 0.25) is 5.41 Å².